The van der Waals surface area contributed by atoms with Gasteiger partial charge in [0.1, 0.15) is 5.75 Å². The maximum Gasteiger partial charge on any atom is 0.118 e. The minimum atomic E-state index is 0.214. The largest absolute Gasteiger partial charge is 0.508 e. The van der Waals surface area contributed by atoms with Gasteiger partial charge < -0.3 is 10.8 Å². The van der Waals surface area contributed by atoms with Gasteiger partial charge in [-0.05, 0) is 31.0 Å². The number of phenolic OH excluding ortho intramolecular Hbond substituents is 1. The molecule has 14 heavy (non-hydrogen) atoms. The zero-order valence-electron chi connectivity index (χ0n) is 9.33. The lowest BCUT2D eigenvalue weighted by atomic mass is 10.1. The normalized spacial score (nSPS) is 9.71. The molecule has 3 N–H and O–H groups in total. The first-order valence-electron chi connectivity index (χ1n) is 4.87. The van der Waals surface area contributed by atoms with Gasteiger partial charge in [-0.15, -0.1) is 0 Å². The molecule has 0 spiro atoms. The SMILES string of the molecule is C/C=C\c1cc(O)cc(N)c1C.CC. The Morgan fingerprint density at radius 3 is 2.36 bits per heavy atom. The molecular formula is C12H19NO. The van der Waals surface area contributed by atoms with Crippen LogP contribution in [-0.4, -0.2) is 5.11 Å². The van der Waals surface area contributed by atoms with E-state index in [1.165, 1.54) is 0 Å². The third kappa shape index (κ3) is 3.13. The van der Waals surface area contributed by atoms with E-state index in [-0.39, 0.29) is 5.75 Å². The average molecular weight is 193 g/mol. The van der Waals surface area contributed by atoms with Crippen molar-refractivity contribution < 1.29 is 5.11 Å². The highest BCUT2D eigenvalue weighted by Crippen LogP contribution is 2.23. The van der Waals surface area contributed by atoms with Crippen molar-refractivity contribution in [2.24, 2.45) is 0 Å². The molecule has 0 atom stereocenters. The van der Waals surface area contributed by atoms with Crippen molar-refractivity contribution in [1.29, 1.82) is 0 Å². The summed E-state index contributed by atoms with van der Waals surface area (Å²) >= 11 is 0. The summed E-state index contributed by atoms with van der Waals surface area (Å²) in [6, 6.07) is 3.26. The Balaban J connectivity index is 0.000000791. The standard InChI is InChI=1S/C10H13NO.C2H6/c1-3-4-8-5-9(12)6-10(11)7(8)2;1-2/h3-6,12H,11H2,1-2H3;1-2H3/b4-3-;. The van der Waals surface area contributed by atoms with Gasteiger partial charge in [-0.2, -0.15) is 0 Å². The molecule has 78 valence electrons. The fraction of sp³-hybridized carbons (Fsp3) is 0.333. The highest BCUT2D eigenvalue weighted by Gasteiger charge is 2.00. The van der Waals surface area contributed by atoms with Crippen LogP contribution in [0.2, 0.25) is 0 Å². The highest BCUT2D eigenvalue weighted by atomic mass is 16.3. The lowest BCUT2D eigenvalue weighted by Crippen LogP contribution is -1.91. The maximum absolute atomic E-state index is 9.23. The summed E-state index contributed by atoms with van der Waals surface area (Å²) in [7, 11) is 0. The molecule has 0 fully saturated rings. The molecule has 1 aromatic carbocycles. The fourth-order valence-electron chi connectivity index (χ4n) is 1.10. The van der Waals surface area contributed by atoms with Crippen LogP contribution in [0.3, 0.4) is 0 Å². The first-order chi connectivity index (χ1) is 6.65. The molecule has 0 saturated carbocycles. The predicted octanol–water partition coefficient (Wildman–Crippen LogP) is 3.34. The van der Waals surface area contributed by atoms with Crippen LogP contribution in [0.15, 0.2) is 18.2 Å². The number of nitrogens with two attached hydrogens (primary N) is 1. The number of benzene rings is 1. The van der Waals surface area contributed by atoms with Crippen molar-refractivity contribution >= 4 is 11.8 Å². The quantitative estimate of drug-likeness (QED) is 0.672. The van der Waals surface area contributed by atoms with Crippen LogP contribution < -0.4 is 5.73 Å². The van der Waals surface area contributed by atoms with Gasteiger partial charge in [0.15, 0.2) is 0 Å². The van der Waals surface area contributed by atoms with Gasteiger partial charge in [-0.1, -0.05) is 26.0 Å². The van der Waals surface area contributed by atoms with Gasteiger partial charge in [0.05, 0.1) is 0 Å². The van der Waals surface area contributed by atoms with Crippen molar-refractivity contribution in [2.45, 2.75) is 27.7 Å². The Kier molecular flexibility index (Phi) is 5.46. The number of nitrogen functional groups attached to an aromatic ring is 1. The molecule has 0 bridgehead atoms. The van der Waals surface area contributed by atoms with E-state index < -0.39 is 0 Å². The Hall–Kier alpha value is -1.44. The van der Waals surface area contributed by atoms with Gasteiger partial charge in [0, 0.05) is 11.8 Å². The van der Waals surface area contributed by atoms with E-state index in [9.17, 15) is 5.11 Å². The number of aromatic hydroxyl groups is 1. The van der Waals surface area contributed by atoms with Gasteiger partial charge in [0.2, 0.25) is 0 Å². The number of phenols is 1. The number of rotatable bonds is 1. The molecule has 1 rings (SSSR count). The first-order valence-corrected chi connectivity index (χ1v) is 4.87. The summed E-state index contributed by atoms with van der Waals surface area (Å²) in [5.41, 5.74) is 8.26. The molecule has 1 aromatic rings. The molecule has 0 heterocycles. The molecular weight excluding hydrogens is 174 g/mol. The van der Waals surface area contributed by atoms with Gasteiger partial charge in [0.25, 0.3) is 0 Å². The highest BCUT2D eigenvalue weighted by molar-refractivity contribution is 5.64. The molecule has 0 aliphatic carbocycles. The van der Waals surface area contributed by atoms with Crippen LogP contribution in [0.25, 0.3) is 6.08 Å². The van der Waals surface area contributed by atoms with E-state index in [0.29, 0.717) is 5.69 Å². The summed E-state index contributed by atoms with van der Waals surface area (Å²) in [5.74, 6) is 0.214. The van der Waals surface area contributed by atoms with E-state index in [0.717, 1.165) is 11.1 Å². The second-order valence-electron chi connectivity index (χ2n) is 2.75. The molecule has 0 saturated heterocycles. The minimum absolute atomic E-state index is 0.214. The van der Waals surface area contributed by atoms with Crippen molar-refractivity contribution in [3.05, 3.63) is 29.3 Å². The molecule has 0 aromatic heterocycles. The summed E-state index contributed by atoms with van der Waals surface area (Å²) in [6.45, 7) is 7.86. The zero-order chi connectivity index (χ0) is 11.1. The number of anilines is 1. The Morgan fingerprint density at radius 2 is 1.86 bits per heavy atom. The smallest absolute Gasteiger partial charge is 0.118 e. The average Bonchev–Trinajstić information content (AvgIpc) is 2.17. The van der Waals surface area contributed by atoms with E-state index in [1.807, 2.05) is 39.8 Å². The third-order valence-electron chi connectivity index (χ3n) is 1.82. The van der Waals surface area contributed by atoms with Crippen molar-refractivity contribution in [1.82, 2.24) is 0 Å². The second kappa shape index (κ2) is 6.08. The lowest BCUT2D eigenvalue weighted by molar-refractivity contribution is 0.475. The van der Waals surface area contributed by atoms with E-state index >= 15 is 0 Å². The summed E-state index contributed by atoms with van der Waals surface area (Å²) in [5, 5.41) is 9.23. The minimum Gasteiger partial charge on any atom is -0.508 e. The zero-order valence-corrected chi connectivity index (χ0v) is 9.33. The van der Waals surface area contributed by atoms with Gasteiger partial charge >= 0.3 is 0 Å². The van der Waals surface area contributed by atoms with Crippen molar-refractivity contribution in [3.63, 3.8) is 0 Å². The molecule has 0 amide bonds. The van der Waals surface area contributed by atoms with Crippen LogP contribution >= 0.6 is 0 Å². The van der Waals surface area contributed by atoms with Crippen molar-refractivity contribution in [3.8, 4) is 5.75 Å². The molecule has 0 aliphatic rings. The number of allylic oxidation sites excluding steroid dienone is 1. The first kappa shape index (κ1) is 12.6. The predicted molar refractivity (Wildman–Crippen MR) is 63.3 cm³/mol. The second-order valence-corrected chi connectivity index (χ2v) is 2.75. The molecule has 2 nitrogen and oxygen atoms in total. The summed E-state index contributed by atoms with van der Waals surface area (Å²) < 4.78 is 0. The Bertz CT molecular complexity index is 316. The van der Waals surface area contributed by atoms with E-state index in [2.05, 4.69) is 0 Å². The molecule has 2 heteroatoms. The van der Waals surface area contributed by atoms with E-state index in [1.54, 1.807) is 12.1 Å². The monoisotopic (exact) mass is 193 g/mol. The maximum atomic E-state index is 9.23. The van der Waals surface area contributed by atoms with E-state index in [4.69, 9.17) is 5.73 Å². The van der Waals surface area contributed by atoms with Crippen LogP contribution in [-0.2, 0) is 0 Å². The van der Waals surface area contributed by atoms with Crippen LogP contribution in [0.1, 0.15) is 31.9 Å². The van der Waals surface area contributed by atoms with Crippen LogP contribution in [0.4, 0.5) is 5.69 Å². The van der Waals surface area contributed by atoms with Gasteiger partial charge in [-0.3, -0.25) is 0 Å². The van der Waals surface area contributed by atoms with Crippen molar-refractivity contribution in [2.75, 3.05) is 5.73 Å². The Morgan fingerprint density at radius 1 is 1.29 bits per heavy atom. The molecule has 0 unspecified atom stereocenters. The molecule has 0 radical (unpaired) electrons. The lowest BCUT2D eigenvalue weighted by Gasteiger charge is -2.04. The topological polar surface area (TPSA) is 46.2 Å². The molecule has 0 aliphatic heterocycles. The fourth-order valence-corrected chi connectivity index (χ4v) is 1.10. The Labute approximate surface area is 86.1 Å². The van der Waals surface area contributed by atoms with Crippen LogP contribution in [0.5, 0.6) is 5.75 Å². The number of hydrogen-bond donors (Lipinski definition) is 2. The van der Waals surface area contributed by atoms with Gasteiger partial charge in [-0.25, -0.2) is 0 Å². The third-order valence-corrected chi connectivity index (χ3v) is 1.82. The summed E-state index contributed by atoms with van der Waals surface area (Å²) in [6.07, 6.45) is 3.84. The summed E-state index contributed by atoms with van der Waals surface area (Å²) in [4.78, 5) is 0. The van der Waals surface area contributed by atoms with Crippen LogP contribution in [0, 0.1) is 6.92 Å². The number of hydrogen-bond acceptors (Lipinski definition) is 2.